The summed E-state index contributed by atoms with van der Waals surface area (Å²) >= 11 is 0. The number of benzene rings is 2. The lowest BCUT2D eigenvalue weighted by atomic mass is 10.0. The average Bonchev–Trinajstić information content (AvgIpc) is 3.19. The molecular formula is C26H22N4O4. The van der Waals surface area contributed by atoms with Gasteiger partial charge in [0.1, 0.15) is 16.8 Å². The molecule has 0 spiro atoms. The van der Waals surface area contributed by atoms with Crippen LogP contribution >= 0.6 is 0 Å². The van der Waals surface area contributed by atoms with Crippen molar-refractivity contribution < 1.29 is 14.3 Å². The summed E-state index contributed by atoms with van der Waals surface area (Å²) in [6, 6.07) is 13.4. The Balaban J connectivity index is 1.68. The van der Waals surface area contributed by atoms with Gasteiger partial charge in [-0.1, -0.05) is 18.2 Å². The first-order valence-corrected chi connectivity index (χ1v) is 10.8. The van der Waals surface area contributed by atoms with Crippen molar-refractivity contribution in [3.05, 3.63) is 87.8 Å². The van der Waals surface area contributed by atoms with Crippen molar-refractivity contribution in [3.63, 3.8) is 0 Å². The first-order chi connectivity index (χ1) is 16.3. The van der Waals surface area contributed by atoms with Gasteiger partial charge in [0.05, 0.1) is 17.0 Å². The molecule has 3 aromatic heterocycles. The first-order valence-electron chi connectivity index (χ1n) is 10.8. The second kappa shape index (κ2) is 8.15. The summed E-state index contributed by atoms with van der Waals surface area (Å²) < 4.78 is 7.99. The molecule has 0 aliphatic carbocycles. The number of aromatic nitrogens is 3. The molecule has 2 aromatic carbocycles. The third-order valence-electron chi connectivity index (χ3n) is 5.77. The fraction of sp³-hybridized carbons (Fsp3) is 0.154. The first kappa shape index (κ1) is 21.4. The van der Waals surface area contributed by atoms with E-state index in [1.807, 2.05) is 39.2 Å². The van der Waals surface area contributed by atoms with E-state index in [-0.39, 0.29) is 17.0 Å². The molecule has 5 aromatic rings. The minimum absolute atomic E-state index is 0.166. The van der Waals surface area contributed by atoms with Gasteiger partial charge in [0.15, 0.2) is 11.2 Å². The Bertz CT molecular complexity index is 1630. The predicted molar refractivity (Wildman–Crippen MR) is 130 cm³/mol. The van der Waals surface area contributed by atoms with Gasteiger partial charge >= 0.3 is 5.97 Å². The number of hydrogen-bond donors (Lipinski definition) is 2. The zero-order valence-corrected chi connectivity index (χ0v) is 18.9. The number of nitrogens with one attached hydrogen (secondary N) is 1. The van der Waals surface area contributed by atoms with Crippen LogP contribution in [0.1, 0.15) is 34.5 Å². The van der Waals surface area contributed by atoms with Crippen LogP contribution in [0.2, 0.25) is 0 Å². The molecule has 170 valence electrons. The lowest BCUT2D eigenvalue weighted by molar-refractivity contribution is 0.0698. The molecular weight excluding hydrogens is 432 g/mol. The molecule has 0 unspecified atom stereocenters. The highest BCUT2D eigenvalue weighted by atomic mass is 16.4. The largest absolute Gasteiger partial charge is 0.478 e. The molecule has 0 saturated heterocycles. The van der Waals surface area contributed by atoms with Crippen molar-refractivity contribution in [1.82, 2.24) is 14.8 Å². The summed E-state index contributed by atoms with van der Waals surface area (Å²) in [5.41, 5.74) is 3.65. The molecule has 3 heterocycles. The van der Waals surface area contributed by atoms with Crippen molar-refractivity contribution in [2.75, 3.05) is 5.32 Å². The lowest BCUT2D eigenvalue weighted by Gasteiger charge is -2.19. The van der Waals surface area contributed by atoms with Crippen LogP contribution in [0.15, 0.2) is 70.1 Å². The highest BCUT2D eigenvalue weighted by Crippen LogP contribution is 2.32. The highest BCUT2D eigenvalue weighted by Gasteiger charge is 2.20. The van der Waals surface area contributed by atoms with Gasteiger partial charge in [-0.2, -0.15) is 5.10 Å². The van der Waals surface area contributed by atoms with Gasteiger partial charge in [-0.15, -0.1) is 0 Å². The number of para-hydroxylation sites is 1. The number of rotatable bonds is 5. The van der Waals surface area contributed by atoms with E-state index in [0.29, 0.717) is 33.6 Å². The van der Waals surface area contributed by atoms with E-state index < -0.39 is 5.97 Å². The van der Waals surface area contributed by atoms with Crippen LogP contribution in [0.25, 0.3) is 33.3 Å². The van der Waals surface area contributed by atoms with E-state index in [0.717, 1.165) is 16.5 Å². The Morgan fingerprint density at radius 1 is 1.18 bits per heavy atom. The molecule has 2 N–H and O–H groups in total. The number of carbonyl (C=O) groups is 1. The van der Waals surface area contributed by atoms with E-state index in [2.05, 4.69) is 15.4 Å². The molecule has 0 radical (unpaired) electrons. The molecule has 0 fully saturated rings. The minimum atomic E-state index is -1.02. The van der Waals surface area contributed by atoms with Gasteiger partial charge in [0.2, 0.25) is 0 Å². The predicted octanol–water partition coefficient (Wildman–Crippen LogP) is 4.92. The smallest absolute Gasteiger partial charge is 0.337 e. The quantitative estimate of drug-likeness (QED) is 0.388. The minimum Gasteiger partial charge on any atom is -0.478 e. The Morgan fingerprint density at radius 2 is 1.97 bits per heavy atom. The highest BCUT2D eigenvalue weighted by molar-refractivity contribution is 5.94. The Labute approximate surface area is 194 Å². The number of fused-ring (bicyclic) bond motifs is 2. The number of carboxylic acid groups (broad SMARTS) is 1. The molecule has 0 saturated carbocycles. The number of aryl methyl sites for hydroxylation is 2. The molecule has 0 aliphatic rings. The van der Waals surface area contributed by atoms with Gasteiger partial charge in [0, 0.05) is 42.1 Å². The van der Waals surface area contributed by atoms with E-state index in [4.69, 9.17) is 4.42 Å². The average molecular weight is 454 g/mol. The summed E-state index contributed by atoms with van der Waals surface area (Å²) in [6.07, 6.45) is 3.53. The Hall–Kier alpha value is -4.46. The monoisotopic (exact) mass is 454 g/mol. The summed E-state index contributed by atoms with van der Waals surface area (Å²) in [5, 5.41) is 18.6. The normalized spacial score (nSPS) is 12.2. The van der Waals surface area contributed by atoms with Crippen LogP contribution in [-0.4, -0.2) is 25.8 Å². The Kier molecular flexibility index (Phi) is 5.13. The molecule has 0 amide bonds. The van der Waals surface area contributed by atoms with Crippen LogP contribution in [0.3, 0.4) is 0 Å². The van der Waals surface area contributed by atoms with Crippen molar-refractivity contribution in [2.24, 2.45) is 7.05 Å². The molecule has 0 aliphatic heterocycles. The van der Waals surface area contributed by atoms with Crippen LogP contribution in [-0.2, 0) is 7.05 Å². The van der Waals surface area contributed by atoms with Crippen LogP contribution in [0, 0.1) is 6.92 Å². The SMILES string of the molecule is Cc1cc([C@@H](C)Nc2ccccc2C(=O)O)c2oc(-c3nccc4cn(C)nc34)cc(=O)c2c1. The van der Waals surface area contributed by atoms with Crippen LogP contribution in [0.5, 0.6) is 0 Å². The van der Waals surface area contributed by atoms with Gasteiger partial charge < -0.3 is 14.8 Å². The summed E-state index contributed by atoms with van der Waals surface area (Å²) in [4.78, 5) is 29.2. The number of hydrogen-bond acceptors (Lipinski definition) is 6. The third kappa shape index (κ3) is 3.69. The third-order valence-corrected chi connectivity index (χ3v) is 5.77. The maximum Gasteiger partial charge on any atom is 0.337 e. The fourth-order valence-electron chi connectivity index (χ4n) is 4.23. The van der Waals surface area contributed by atoms with Crippen LogP contribution in [0.4, 0.5) is 5.69 Å². The van der Waals surface area contributed by atoms with E-state index >= 15 is 0 Å². The number of carboxylic acids is 1. The number of aromatic carboxylic acids is 1. The lowest BCUT2D eigenvalue weighted by Crippen LogP contribution is -2.12. The Morgan fingerprint density at radius 3 is 2.76 bits per heavy atom. The molecule has 1 atom stereocenters. The van der Waals surface area contributed by atoms with E-state index in [1.165, 1.54) is 6.07 Å². The van der Waals surface area contributed by atoms with Crippen LogP contribution < -0.4 is 10.7 Å². The molecule has 8 heteroatoms. The van der Waals surface area contributed by atoms with Crippen molar-refractivity contribution in [3.8, 4) is 11.5 Å². The zero-order chi connectivity index (χ0) is 24.0. The van der Waals surface area contributed by atoms with Crippen molar-refractivity contribution >= 4 is 33.5 Å². The van der Waals surface area contributed by atoms with Gasteiger partial charge in [-0.05, 0) is 43.7 Å². The summed E-state index contributed by atoms with van der Waals surface area (Å²) in [6.45, 7) is 3.81. The topological polar surface area (TPSA) is 110 Å². The molecule has 34 heavy (non-hydrogen) atoms. The maximum absolute atomic E-state index is 13.1. The molecule has 5 rings (SSSR count). The standard InChI is InChI=1S/C26H22N4O4/c1-14-10-18(15(2)28-20-7-5-4-6-17(20)26(32)33)25-19(11-14)21(31)12-22(34-25)24-23-16(8-9-27-24)13-30(3)29-23/h4-13,15,28H,1-3H3,(H,32,33)/t15-/m1/s1. The summed E-state index contributed by atoms with van der Waals surface area (Å²) in [5.74, 6) is -0.696. The summed E-state index contributed by atoms with van der Waals surface area (Å²) in [7, 11) is 1.82. The second-order valence-corrected chi connectivity index (χ2v) is 8.32. The maximum atomic E-state index is 13.1. The van der Waals surface area contributed by atoms with Crippen molar-refractivity contribution in [1.29, 1.82) is 0 Å². The van der Waals surface area contributed by atoms with Gasteiger partial charge in [-0.25, -0.2) is 4.79 Å². The molecule has 8 nitrogen and oxygen atoms in total. The van der Waals surface area contributed by atoms with Gasteiger partial charge in [-0.3, -0.25) is 14.5 Å². The molecule has 0 bridgehead atoms. The second-order valence-electron chi connectivity index (χ2n) is 8.32. The van der Waals surface area contributed by atoms with E-state index in [1.54, 1.807) is 41.2 Å². The van der Waals surface area contributed by atoms with Crippen molar-refractivity contribution in [2.45, 2.75) is 19.9 Å². The van der Waals surface area contributed by atoms with Gasteiger partial charge in [0.25, 0.3) is 0 Å². The number of nitrogens with zero attached hydrogens (tertiary/aromatic N) is 3. The fourth-order valence-corrected chi connectivity index (χ4v) is 4.23. The number of anilines is 1. The number of pyridine rings is 1. The van der Waals surface area contributed by atoms with E-state index in [9.17, 15) is 14.7 Å². The zero-order valence-electron chi connectivity index (χ0n) is 18.9.